The number of carbonyl (C=O) groups excluding carboxylic acids is 1. The van der Waals surface area contributed by atoms with E-state index in [1.165, 1.54) is 11.8 Å². The van der Waals surface area contributed by atoms with Crippen molar-refractivity contribution in [3.8, 4) is 5.75 Å². The number of hydrogen-bond acceptors (Lipinski definition) is 5. The van der Waals surface area contributed by atoms with E-state index in [9.17, 15) is 4.79 Å². The average molecular weight is 320 g/mol. The highest BCUT2D eigenvalue weighted by Crippen LogP contribution is 2.19. The number of carbonyl (C=O) groups is 1. The van der Waals surface area contributed by atoms with E-state index in [-0.39, 0.29) is 11.7 Å². The van der Waals surface area contributed by atoms with Gasteiger partial charge in [0.1, 0.15) is 18.1 Å². The number of nitrogens with one attached hydrogen (secondary N) is 1. The normalized spacial score (nSPS) is 10.5. The van der Waals surface area contributed by atoms with Crippen molar-refractivity contribution in [3.63, 3.8) is 0 Å². The summed E-state index contributed by atoms with van der Waals surface area (Å²) in [6, 6.07) is 7.82. The molecular weight excluding hydrogens is 300 g/mol. The maximum Gasteiger partial charge on any atom is 0.256 e. The monoisotopic (exact) mass is 320 g/mol. The van der Waals surface area contributed by atoms with Gasteiger partial charge in [0.2, 0.25) is 5.91 Å². The Morgan fingerprint density at radius 1 is 1.36 bits per heavy atom. The van der Waals surface area contributed by atoms with Gasteiger partial charge in [-0.2, -0.15) is 0 Å². The maximum absolute atomic E-state index is 11.7. The number of oxazole rings is 1. The van der Waals surface area contributed by atoms with Gasteiger partial charge < -0.3 is 14.5 Å². The molecule has 0 aliphatic carbocycles. The summed E-state index contributed by atoms with van der Waals surface area (Å²) in [6.07, 6.45) is 0. The summed E-state index contributed by atoms with van der Waals surface area (Å²) in [6.45, 7) is 6.66. The molecule has 2 rings (SSSR count). The second kappa shape index (κ2) is 7.89. The zero-order chi connectivity index (χ0) is 15.9. The van der Waals surface area contributed by atoms with E-state index < -0.39 is 0 Å². The molecule has 1 aromatic carbocycles. The number of aryl methyl sites for hydroxylation is 3. The first-order chi connectivity index (χ1) is 10.5. The molecule has 0 saturated carbocycles. The van der Waals surface area contributed by atoms with Crippen LogP contribution in [0.5, 0.6) is 5.75 Å². The molecule has 0 aliphatic rings. The molecule has 0 aliphatic heterocycles. The smallest absolute Gasteiger partial charge is 0.256 e. The lowest BCUT2D eigenvalue weighted by Gasteiger charge is -2.07. The van der Waals surface area contributed by atoms with Crippen LogP contribution < -0.4 is 10.1 Å². The third kappa shape index (κ3) is 5.11. The zero-order valence-corrected chi connectivity index (χ0v) is 13.8. The van der Waals surface area contributed by atoms with Crippen LogP contribution in [0, 0.1) is 20.8 Å². The summed E-state index contributed by atoms with van der Waals surface area (Å²) in [5.74, 6) is 1.82. The molecule has 1 N–H and O–H groups in total. The van der Waals surface area contributed by atoms with E-state index in [0.717, 1.165) is 22.8 Å². The Hall–Kier alpha value is -1.95. The van der Waals surface area contributed by atoms with Crippen LogP contribution >= 0.6 is 11.8 Å². The molecule has 1 heterocycles. The zero-order valence-electron chi connectivity index (χ0n) is 13.0. The van der Waals surface area contributed by atoms with Gasteiger partial charge in [-0.25, -0.2) is 4.98 Å². The second-order valence-corrected chi connectivity index (χ2v) is 5.85. The highest BCUT2D eigenvalue weighted by atomic mass is 32.2. The molecule has 0 bridgehead atoms. The lowest BCUT2D eigenvalue weighted by molar-refractivity contribution is -0.118. The summed E-state index contributed by atoms with van der Waals surface area (Å²) in [7, 11) is 0. The lowest BCUT2D eigenvalue weighted by Crippen LogP contribution is -2.29. The molecule has 0 fully saturated rings. The minimum Gasteiger partial charge on any atom is -0.492 e. The standard InChI is InChI=1S/C16H20N2O3S/c1-11-5-4-6-14(9-11)20-8-7-17-15(19)10-22-16-18-12(2)13(3)21-16/h4-6,9H,7-8,10H2,1-3H3,(H,17,19). The Morgan fingerprint density at radius 2 is 2.18 bits per heavy atom. The molecule has 0 unspecified atom stereocenters. The van der Waals surface area contributed by atoms with Crippen molar-refractivity contribution in [1.82, 2.24) is 10.3 Å². The predicted molar refractivity (Wildman–Crippen MR) is 86.4 cm³/mol. The Morgan fingerprint density at radius 3 is 2.86 bits per heavy atom. The molecule has 0 radical (unpaired) electrons. The minimum atomic E-state index is -0.0636. The van der Waals surface area contributed by atoms with Crippen LogP contribution in [0.1, 0.15) is 17.0 Å². The lowest BCUT2D eigenvalue weighted by atomic mass is 10.2. The summed E-state index contributed by atoms with van der Waals surface area (Å²) < 4.78 is 11.0. The van der Waals surface area contributed by atoms with Gasteiger partial charge in [0.15, 0.2) is 0 Å². The summed E-state index contributed by atoms with van der Waals surface area (Å²) in [5.41, 5.74) is 2.00. The highest BCUT2D eigenvalue weighted by molar-refractivity contribution is 7.99. The third-order valence-electron chi connectivity index (χ3n) is 3.02. The summed E-state index contributed by atoms with van der Waals surface area (Å²) in [5, 5.41) is 3.33. The van der Waals surface area contributed by atoms with Crippen LogP contribution in [-0.4, -0.2) is 29.8 Å². The first-order valence-electron chi connectivity index (χ1n) is 7.07. The number of thioether (sulfide) groups is 1. The molecule has 1 aromatic heterocycles. The predicted octanol–water partition coefficient (Wildman–Crippen LogP) is 2.89. The SMILES string of the molecule is Cc1cccc(OCCNC(=O)CSc2nc(C)c(C)o2)c1. The van der Waals surface area contributed by atoms with E-state index >= 15 is 0 Å². The largest absolute Gasteiger partial charge is 0.492 e. The summed E-state index contributed by atoms with van der Waals surface area (Å²) >= 11 is 1.29. The van der Waals surface area contributed by atoms with E-state index in [4.69, 9.17) is 9.15 Å². The Labute approximate surface area is 134 Å². The number of rotatable bonds is 7. The number of aromatic nitrogens is 1. The van der Waals surface area contributed by atoms with Crippen LogP contribution in [0.15, 0.2) is 33.9 Å². The number of ether oxygens (including phenoxy) is 1. The van der Waals surface area contributed by atoms with Crippen molar-refractivity contribution in [1.29, 1.82) is 0 Å². The summed E-state index contributed by atoms with van der Waals surface area (Å²) in [4.78, 5) is 15.9. The minimum absolute atomic E-state index is 0.0636. The number of nitrogens with zero attached hydrogens (tertiary/aromatic N) is 1. The molecule has 0 atom stereocenters. The highest BCUT2D eigenvalue weighted by Gasteiger charge is 2.09. The van der Waals surface area contributed by atoms with Gasteiger partial charge in [-0.05, 0) is 38.5 Å². The van der Waals surface area contributed by atoms with Crippen LogP contribution in [0.25, 0.3) is 0 Å². The maximum atomic E-state index is 11.7. The number of benzene rings is 1. The van der Waals surface area contributed by atoms with Gasteiger partial charge in [0, 0.05) is 0 Å². The van der Waals surface area contributed by atoms with E-state index in [2.05, 4.69) is 10.3 Å². The van der Waals surface area contributed by atoms with Gasteiger partial charge >= 0.3 is 0 Å². The molecular formula is C16H20N2O3S. The molecule has 1 amide bonds. The first kappa shape index (κ1) is 16.4. The van der Waals surface area contributed by atoms with Crippen molar-refractivity contribution in [2.75, 3.05) is 18.9 Å². The molecule has 6 heteroatoms. The van der Waals surface area contributed by atoms with Gasteiger partial charge in [-0.3, -0.25) is 4.79 Å². The number of hydrogen-bond donors (Lipinski definition) is 1. The van der Waals surface area contributed by atoms with E-state index in [0.29, 0.717) is 18.4 Å². The van der Waals surface area contributed by atoms with Crippen molar-refractivity contribution in [2.45, 2.75) is 26.0 Å². The van der Waals surface area contributed by atoms with Crippen molar-refractivity contribution in [3.05, 3.63) is 41.3 Å². The van der Waals surface area contributed by atoms with Gasteiger partial charge in [-0.1, -0.05) is 23.9 Å². The second-order valence-electron chi connectivity index (χ2n) is 4.92. The van der Waals surface area contributed by atoms with Crippen LogP contribution in [0.4, 0.5) is 0 Å². The fourth-order valence-corrected chi connectivity index (χ4v) is 2.49. The fourth-order valence-electron chi connectivity index (χ4n) is 1.75. The molecule has 0 saturated heterocycles. The Balaban J connectivity index is 1.63. The van der Waals surface area contributed by atoms with Gasteiger partial charge in [0.05, 0.1) is 18.0 Å². The van der Waals surface area contributed by atoms with E-state index in [1.54, 1.807) is 0 Å². The first-order valence-corrected chi connectivity index (χ1v) is 8.06. The van der Waals surface area contributed by atoms with Crippen molar-refractivity contribution < 1.29 is 13.9 Å². The Kier molecular flexibility index (Phi) is 5.89. The molecule has 118 valence electrons. The van der Waals surface area contributed by atoms with Crippen LogP contribution in [0.2, 0.25) is 0 Å². The molecule has 22 heavy (non-hydrogen) atoms. The topological polar surface area (TPSA) is 64.4 Å². The van der Waals surface area contributed by atoms with Crippen LogP contribution in [0.3, 0.4) is 0 Å². The van der Waals surface area contributed by atoms with Gasteiger partial charge in [-0.15, -0.1) is 0 Å². The molecule has 5 nitrogen and oxygen atoms in total. The van der Waals surface area contributed by atoms with Crippen LogP contribution in [-0.2, 0) is 4.79 Å². The Bertz CT molecular complexity index is 621. The third-order valence-corrected chi connectivity index (χ3v) is 3.85. The van der Waals surface area contributed by atoms with Crippen molar-refractivity contribution >= 4 is 17.7 Å². The van der Waals surface area contributed by atoms with Gasteiger partial charge in [0.25, 0.3) is 5.22 Å². The number of amides is 1. The fraction of sp³-hybridized carbons (Fsp3) is 0.375. The molecule has 2 aromatic rings. The quantitative estimate of drug-likeness (QED) is 0.628. The average Bonchev–Trinajstić information content (AvgIpc) is 2.80. The van der Waals surface area contributed by atoms with E-state index in [1.807, 2.05) is 45.0 Å². The molecule has 0 spiro atoms. The van der Waals surface area contributed by atoms with Crippen molar-refractivity contribution in [2.24, 2.45) is 0 Å².